The lowest BCUT2D eigenvalue weighted by molar-refractivity contribution is -0.148. The van der Waals surface area contributed by atoms with E-state index in [1.54, 1.807) is 7.05 Å². The zero-order valence-electron chi connectivity index (χ0n) is 10.8. The number of carboxylic acids is 1. The molecule has 0 heterocycles. The second-order valence-corrected chi connectivity index (χ2v) is 3.99. The number of halogens is 3. The number of carbonyl (C=O) groups excluding carboxylic acids is 1. The number of hydrogen-bond acceptors (Lipinski definition) is 3. The summed E-state index contributed by atoms with van der Waals surface area (Å²) < 4.78 is 36.6. The average molecular weight is 285 g/mol. The number of amides is 2. The van der Waals surface area contributed by atoms with Crippen molar-refractivity contribution in [1.29, 1.82) is 0 Å². The Kier molecular flexibility index (Phi) is 7.20. The van der Waals surface area contributed by atoms with Crippen LogP contribution in [0.4, 0.5) is 18.0 Å². The minimum Gasteiger partial charge on any atom is -0.480 e. The number of hydrogen-bond donors (Lipinski definition) is 2. The molecule has 0 rings (SSSR count). The SMILES string of the molecule is CCN(C)CCNC(=O)N(CC(=O)O)CC(F)(F)F. The standard InChI is InChI=1S/C10H18F3N3O3/c1-3-15(2)5-4-14-9(19)16(6-8(17)18)7-10(11,12)13/h3-7H2,1-2H3,(H,14,19)(H,17,18). The highest BCUT2D eigenvalue weighted by Crippen LogP contribution is 2.16. The van der Waals surface area contributed by atoms with Gasteiger partial charge < -0.3 is 20.2 Å². The molecule has 19 heavy (non-hydrogen) atoms. The maximum absolute atomic E-state index is 12.2. The number of carbonyl (C=O) groups is 2. The predicted octanol–water partition coefficient (Wildman–Crippen LogP) is 0.597. The molecule has 0 aliphatic heterocycles. The largest absolute Gasteiger partial charge is 0.480 e. The van der Waals surface area contributed by atoms with Gasteiger partial charge in [-0.05, 0) is 13.6 Å². The molecule has 0 fully saturated rings. The third-order valence-electron chi connectivity index (χ3n) is 2.29. The normalized spacial score (nSPS) is 11.5. The molecule has 6 nitrogen and oxygen atoms in total. The van der Waals surface area contributed by atoms with Crippen molar-refractivity contribution in [2.75, 3.05) is 39.8 Å². The van der Waals surface area contributed by atoms with Crippen LogP contribution >= 0.6 is 0 Å². The number of nitrogens with zero attached hydrogens (tertiary/aromatic N) is 2. The summed E-state index contributed by atoms with van der Waals surface area (Å²) in [5, 5.41) is 10.7. The van der Waals surface area contributed by atoms with Crippen molar-refractivity contribution in [3.63, 3.8) is 0 Å². The van der Waals surface area contributed by atoms with E-state index >= 15 is 0 Å². The molecule has 0 aromatic heterocycles. The number of aliphatic carboxylic acids is 1. The van der Waals surface area contributed by atoms with E-state index < -0.39 is 31.3 Å². The lowest BCUT2D eigenvalue weighted by Crippen LogP contribution is -2.48. The van der Waals surface area contributed by atoms with Gasteiger partial charge in [-0.25, -0.2) is 4.79 Å². The second-order valence-electron chi connectivity index (χ2n) is 3.99. The molecular weight excluding hydrogens is 267 g/mol. The van der Waals surface area contributed by atoms with Crippen LogP contribution in [0.15, 0.2) is 0 Å². The second kappa shape index (κ2) is 7.82. The zero-order valence-corrected chi connectivity index (χ0v) is 10.8. The molecule has 112 valence electrons. The van der Waals surface area contributed by atoms with Gasteiger partial charge in [0.25, 0.3) is 0 Å². The van der Waals surface area contributed by atoms with Gasteiger partial charge in [0.1, 0.15) is 13.1 Å². The maximum atomic E-state index is 12.2. The van der Waals surface area contributed by atoms with Gasteiger partial charge in [0.05, 0.1) is 0 Å². The average Bonchev–Trinajstić information content (AvgIpc) is 2.25. The Balaban J connectivity index is 4.34. The Bertz CT molecular complexity index is 310. The predicted molar refractivity (Wildman–Crippen MR) is 61.8 cm³/mol. The summed E-state index contributed by atoms with van der Waals surface area (Å²) in [6, 6.07) is -1.04. The monoisotopic (exact) mass is 285 g/mol. The van der Waals surface area contributed by atoms with E-state index in [-0.39, 0.29) is 11.4 Å². The third-order valence-corrected chi connectivity index (χ3v) is 2.29. The molecule has 0 radical (unpaired) electrons. The van der Waals surface area contributed by atoms with Crippen LogP contribution in [-0.2, 0) is 4.79 Å². The summed E-state index contributed by atoms with van der Waals surface area (Å²) in [6.07, 6.45) is -4.63. The minimum absolute atomic E-state index is 0.150. The van der Waals surface area contributed by atoms with Crippen LogP contribution in [0.25, 0.3) is 0 Å². The molecule has 0 saturated heterocycles. The molecule has 0 saturated carbocycles. The Morgan fingerprint density at radius 2 is 1.89 bits per heavy atom. The highest BCUT2D eigenvalue weighted by Gasteiger charge is 2.33. The van der Waals surface area contributed by atoms with Gasteiger partial charge in [-0.15, -0.1) is 0 Å². The van der Waals surface area contributed by atoms with E-state index in [0.29, 0.717) is 6.54 Å². The number of urea groups is 1. The summed E-state index contributed by atoms with van der Waals surface area (Å²) in [5.74, 6) is -1.50. The van der Waals surface area contributed by atoms with E-state index in [0.717, 1.165) is 6.54 Å². The Morgan fingerprint density at radius 3 is 2.32 bits per heavy atom. The molecular formula is C10H18F3N3O3. The smallest absolute Gasteiger partial charge is 0.406 e. The Hall–Kier alpha value is -1.51. The van der Waals surface area contributed by atoms with Crippen LogP contribution in [0.1, 0.15) is 6.92 Å². The fourth-order valence-corrected chi connectivity index (χ4v) is 1.20. The number of likely N-dealkylation sites (N-methyl/N-ethyl adjacent to an activating group) is 1. The number of alkyl halides is 3. The summed E-state index contributed by atoms with van der Waals surface area (Å²) in [4.78, 5) is 24.0. The van der Waals surface area contributed by atoms with E-state index in [4.69, 9.17) is 5.11 Å². The Labute approximate surface area is 109 Å². The van der Waals surface area contributed by atoms with Crippen LogP contribution in [0.5, 0.6) is 0 Å². The first-order valence-electron chi connectivity index (χ1n) is 5.65. The molecule has 2 N–H and O–H groups in total. The molecule has 0 atom stereocenters. The molecule has 2 amide bonds. The van der Waals surface area contributed by atoms with E-state index in [1.165, 1.54) is 0 Å². The topological polar surface area (TPSA) is 72.9 Å². The van der Waals surface area contributed by atoms with Gasteiger partial charge in [0.15, 0.2) is 0 Å². The van der Waals surface area contributed by atoms with Crippen LogP contribution in [0.3, 0.4) is 0 Å². The van der Waals surface area contributed by atoms with E-state index in [2.05, 4.69) is 5.32 Å². The molecule has 0 aromatic rings. The molecule has 0 aromatic carbocycles. The van der Waals surface area contributed by atoms with Gasteiger partial charge in [0.2, 0.25) is 0 Å². The third kappa shape index (κ3) is 9.11. The van der Waals surface area contributed by atoms with Crippen molar-refractivity contribution in [2.24, 2.45) is 0 Å². The van der Waals surface area contributed by atoms with Crippen molar-refractivity contribution in [2.45, 2.75) is 13.1 Å². The molecule has 0 aliphatic carbocycles. The molecule has 0 spiro atoms. The van der Waals surface area contributed by atoms with Crippen molar-refractivity contribution in [1.82, 2.24) is 15.1 Å². The van der Waals surface area contributed by atoms with E-state index in [9.17, 15) is 22.8 Å². The lowest BCUT2D eigenvalue weighted by atomic mass is 10.4. The molecule has 0 aliphatic rings. The van der Waals surface area contributed by atoms with Crippen molar-refractivity contribution in [3.05, 3.63) is 0 Å². The first-order chi connectivity index (χ1) is 8.65. The quantitative estimate of drug-likeness (QED) is 0.718. The summed E-state index contributed by atoms with van der Waals surface area (Å²) in [6.45, 7) is 0.662. The van der Waals surface area contributed by atoms with Gasteiger partial charge in [-0.1, -0.05) is 6.92 Å². The van der Waals surface area contributed by atoms with Gasteiger partial charge in [-0.2, -0.15) is 13.2 Å². The first kappa shape index (κ1) is 17.5. The van der Waals surface area contributed by atoms with Crippen molar-refractivity contribution < 1.29 is 27.9 Å². The van der Waals surface area contributed by atoms with E-state index in [1.807, 2.05) is 11.8 Å². The van der Waals surface area contributed by atoms with Crippen LogP contribution in [-0.4, -0.2) is 72.9 Å². The highest BCUT2D eigenvalue weighted by atomic mass is 19.4. The Morgan fingerprint density at radius 1 is 1.32 bits per heavy atom. The van der Waals surface area contributed by atoms with Crippen LogP contribution < -0.4 is 5.32 Å². The maximum Gasteiger partial charge on any atom is 0.406 e. The lowest BCUT2D eigenvalue weighted by Gasteiger charge is -2.23. The van der Waals surface area contributed by atoms with Crippen molar-refractivity contribution >= 4 is 12.0 Å². The number of carboxylic acid groups (broad SMARTS) is 1. The highest BCUT2D eigenvalue weighted by molar-refractivity contribution is 5.80. The van der Waals surface area contributed by atoms with Crippen LogP contribution in [0.2, 0.25) is 0 Å². The zero-order chi connectivity index (χ0) is 15.1. The van der Waals surface area contributed by atoms with Gasteiger partial charge in [0, 0.05) is 13.1 Å². The fourth-order valence-electron chi connectivity index (χ4n) is 1.20. The minimum atomic E-state index is -4.63. The van der Waals surface area contributed by atoms with Crippen LogP contribution in [0, 0.1) is 0 Å². The molecule has 0 bridgehead atoms. The summed E-state index contributed by atoms with van der Waals surface area (Å²) >= 11 is 0. The number of nitrogens with one attached hydrogen (secondary N) is 1. The molecule has 0 unspecified atom stereocenters. The molecule has 9 heteroatoms. The van der Waals surface area contributed by atoms with Gasteiger partial charge >= 0.3 is 18.2 Å². The summed E-state index contributed by atoms with van der Waals surface area (Å²) in [5.41, 5.74) is 0. The fraction of sp³-hybridized carbons (Fsp3) is 0.800. The van der Waals surface area contributed by atoms with Gasteiger partial charge in [-0.3, -0.25) is 4.79 Å². The summed E-state index contributed by atoms with van der Waals surface area (Å²) in [7, 11) is 1.79. The number of rotatable bonds is 7. The first-order valence-corrected chi connectivity index (χ1v) is 5.65. The van der Waals surface area contributed by atoms with Crippen molar-refractivity contribution in [3.8, 4) is 0 Å².